The van der Waals surface area contributed by atoms with Gasteiger partial charge in [0, 0.05) is 21.2 Å². The lowest BCUT2D eigenvalue weighted by atomic mass is 10.1. The fraction of sp³-hybridized carbons (Fsp3) is 0.100. The molecule has 2 heterocycles. The summed E-state index contributed by atoms with van der Waals surface area (Å²) >= 11 is 18.5. The average molecular weight is 518 g/mol. The minimum absolute atomic E-state index is 0.0529. The Morgan fingerprint density at radius 1 is 0.906 bits per heavy atom. The van der Waals surface area contributed by atoms with Gasteiger partial charge in [0.1, 0.15) is 16.3 Å². The van der Waals surface area contributed by atoms with Gasteiger partial charge in [-0.1, -0.05) is 59.1 Å². The molecule has 6 nitrogen and oxygen atoms in total. The van der Waals surface area contributed by atoms with Gasteiger partial charge in [-0.15, -0.1) is 0 Å². The lowest BCUT2D eigenvalue weighted by molar-refractivity contribution is 0.0541. The Labute approximate surface area is 197 Å². The Bertz CT molecular complexity index is 1400. The number of aromatic nitrogens is 4. The molecule has 4 aromatic rings. The van der Waals surface area contributed by atoms with E-state index in [2.05, 4.69) is 10.2 Å². The van der Waals surface area contributed by atoms with Gasteiger partial charge in [-0.2, -0.15) is 31.5 Å². The van der Waals surface area contributed by atoms with E-state index in [9.17, 15) is 17.2 Å². The highest BCUT2D eigenvalue weighted by atomic mass is 35.5. The summed E-state index contributed by atoms with van der Waals surface area (Å²) in [6.07, 6.45) is 0.861. The molecular formula is C20H13Cl3F2N4O2S. The maximum absolute atomic E-state index is 13.5. The van der Waals surface area contributed by atoms with E-state index < -0.39 is 21.5 Å². The van der Waals surface area contributed by atoms with Gasteiger partial charge in [-0.25, -0.2) is 4.68 Å². The largest absolute Gasteiger partial charge is 0.333 e. The van der Waals surface area contributed by atoms with Crippen molar-refractivity contribution in [2.24, 2.45) is 0 Å². The summed E-state index contributed by atoms with van der Waals surface area (Å²) in [5.41, 5.74) is 0.924. The highest BCUT2D eigenvalue weighted by molar-refractivity contribution is 7.90. The molecule has 0 saturated heterocycles. The topological polar surface area (TPSA) is 69.8 Å². The van der Waals surface area contributed by atoms with E-state index in [4.69, 9.17) is 34.8 Å². The van der Waals surface area contributed by atoms with Crippen LogP contribution in [0, 0.1) is 6.92 Å². The normalized spacial score (nSPS) is 12.0. The number of nitrogens with zero attached hydrogens (tertiary/aromatic N) is 4. The molecule has 0 unspecified atom stereocenters. The van der Waals surface area contributed by atoms with Crippen LogP contribution in [0.3, 0.4) is 0 Å². The van der Waals surface area contributed by atoms with Crippen LogP contribution in [0.2, 0.25) is 15.1 Å². The van der Waals surface area contributed by atoms with E-state index in [0.29, 0.717) is 25.9 Å². The lowest BCUT2D eigenvalue weighted by Crippen LogP contribution is -2.17. The highest BCUT2D eigenvalue weighted by Crippen LogP contribution is 2.39. The third-order valence-corrected chi connectivity index (χ3v) is 7.26. The Morgan fingerprint density at radius 3 is 1.94 bits per heavy atom. The molecular weight excluding hydrogens is 505 g/mol. The number of hydrogen-bond acceptors (Lipinski definition) is 4. The number of rotatable bonds is 5. The molecule has 0 aliphatic carbocycles. The first kappa shape index (κ1) is 22.7. The number of alkyl halides is 2. The molecule has 0 atom stereocenters. The van der Waals surface area contributed by atoms with Crippen molar-refractivity contribution in [1.29, 1.82) is 0 Å². The van der Waals surface area contributed by atoms with Crippen LogP contribution in [0.15, 0.2) is 59.6 Å². The van der Waals surface area contributed by atoms with Crippen molar-refractivity contribution >= 4 is 44.8 Å². The van der Waals surface area contributed by atoms with E-state index in [1.165, 1.54) is 6.92 Å². The highest BCUT2D eigenvalue weighted by Gasteiger charge is 2.31. The van der Waals surface area contributed by atoms with Gasteiger partial charge < -0.3 is 0 Å². The third kappa shape index (κ3) is 3.90. The molecule has 4 rings (SSSR count). The predicted molar refractivity (Wildman–Crippen MR) is 119 cm³/mol. The van der Waals surface area contributed by atoms with Gasteiger partial charge in [-0.05, 0) is 31.2 Å². The molecule has 0 radical (unpaired) electrons. The van der Waals surface area contributed by atoms with Gasteiger partial charge in [0.25, 0.3) is 10.0 Å². The monoisotopic (exact) mass is 516 g/mol. The van der Waals surface area contributed by atoms with Crippen molar-refractivity contribution in [1.82, 2.24) is 19.0 Å². The molecule has 2 aromatic heterocycles. The average Bonchev–Trinajstić information content (AvgIpc) is 3.30. The van der Waals surface area contributed by atoms with E-state index in [1.807, 2.05) is 0 Å². The molecule has 0 saturated carbocycles. The molecule has 0 amide bonds. The Morgan fingerprint density at radius 2 is 1.44 bits per heavy atom. The molecule has 0 aliphatic rings. The quantitative estimate of drug-likeness (QED) is 0.311. The van der Waals surface area contributed by atoms with Crippen LogP contribution in [0.5, 0.6) is 0 Å². The van der Waals surface area contributed by atoms with E-state index in [1.54, 1.807) is 48.5 Å². The second kappa shape index (κ2) is 8.47. The second-order valence-corrected chi connectivity index (χ2v) is 9.68. The fourth-order valence-electron chi connectivity index (χ4n) is 3.14. The first-order valence-corrected chi connectivity index (χ1v) is 11.6. The number of hydrogen-bond donors (Lipinski definition) is 0. The van der Waals surface area contributed by atoms with E-state index >= 15 is 0 Å². The van der Waals surface area contributed by atoms with Crippen molar-refractivity contribution in [3.63, 3.8) is 0 Å². The summed E-state index contributed by atoms with van der Waals surface area (Å²) in [5, 5.41) is 8.71. The zero-order valence-corrected chi connectivity index (χ0v) is 19.3. The van der Waals surface area contributed by atoms with Gasteiger partial charge in [-0.3, -0.25) is 0 Å². The first-order chi connectivity index (χ1) is 15.1. The van der Waals surface area contributed by atoms with Gasteiger partial charge >= 0.3 is 6.55 Å². The molecule has 2 aromatic carbocycles. The maximum Gasteiger partial charge on any atom is 0.333 e. The predicted octanol–water partition coefficient (Wildman–Crippen LogP) is 6.31. The van der Waals surface area contributed by atoms with Crippen molar-refractivity contribution < 1.29 is 17.2 Å². The maximum atomic E-state index is 13.5. The van der Waals surface area contributed by atoms with Crippen LogP contribution >= 0.6 is 34.8 Å². The van der Waals surface area contributed by atoms with Crippen LogP contribution in [-0.4, -0.2) is 27.4 Å². The van der Waals surface area contributed by atoms with Crippen molar-refractivity contribution in [2.45, 2.75) is 18.4 Å². The zero-order chi connectivity index (χ0) is 23.2. The Hall–Kier alpha value is -2.46. The summed E-state index contributed by atoms with van der Waals surface area (Å²) in [6.45, 7) is -1.76. The summed E-state index contributed by atoms with van der Waals surface area (Å²) in [5.74, 6) is 0. The van der Waals surface area contributed by atoms with Crippen LogP contribution in [0.1, 0.15) is 12.2 Å². The summed E-state index contributed by atoms with van der Waals surface area (Å²) in [6, 6.07) is 12.8. The molecule has 0 spiro atoms. The van der Waals surface area contributed by atoms with Crippen LogP contribution < -0.4 is 0 Å². The summed E-state index contributed by atoms with van der Waals surface area (Å²) in [7, 11) is -4.44. The molecule has 32 heavy (non-hydrogen) atoms. The molecule has 0 N–H and O–H groups in total. The second-order valence-electron chi connectivity index (χ2n) is 6.69. The zero-order valence-electron chi connectivity index (χ0n) is 16.2. The number of benzene rings is 2. The van der Waals surface area contributed by atoms with Gasteiger partial charge in [0.2, 0.25) is 0 Å². The van der Waals surface area contributed by atoms with E-state index in [-0.39, 0.29) is 22.1 Å². The smallest absolute Gasteiger partial charge is 0.207 e. The fourth-order valence-corrected chi connectivity index (χ4v) is 5.24. The SMILES string of the molecule is Cc1c(S(=O)(=O)n2nc(-c3ccc(Cl)cc3)c(Cl)c2-c2ccc(Cl)cc2)cnn1C(F)F. The summed E-state index contributed by atoms with van der Waals surface area (Å²) in [4.78, 5) is -0.421. The molecule has 0 bridgehead atoms. The van der Waals surface area contributed by atoms with Crippen LogP contribution in [0.25, 0.3) is 22.5 Å². The summed E-state index contributed by atoms with van der Waals surface area (Å²) < 4.78 is 54.4. The van der Waals surface area contributed by atoms with Crippen molar-refractivity contribution in [2.75, 3.05) is 0 Å². The first-order valence-electron chi connectivity index (χ1n) is 8.99. The van der Waals surface area contributed by atoms with Crippen LogP contribution in [0.4, 0.5) is 8.78 Å². The minimum Gasteiger partial charge on any atom is -0.207 e. The lowest BCUT2D eigenvalue weighted by Gasteiger charge is -2.09. The van der Waals surface area contributed by atoms with Crippen molar-refractivity contribution in [3.8, 4) is 22.5 Å². The van der Waals surface area contributed by atoms with E-state index in [0.717, 1.165) is 10.3 Å². The minimum atomic E-state index is -4.44. The molecule has 0 aliphatic heterocycles. The Kier molecular flexibility index (Phi) is 6.02. The van der Waals surface area contributed by atoms with Gasteiger partial charge in [0.15, 0.2) is 0 Å². The number of halogens is 5. The Balaban J connectivity index is 1.99. The van der Waals surface area contributed by atoms with Gasteiger partial charge in [0.05, 0.1) is 16.9 Å². The third-order valence-electron chi connectivity index (χ3n) is 4.72. The van der Waals surface area contributed by atoms with Crippen molar-refractivity contribution in [3.05, 3.63) is 75.5 Å². The molecule has 0 fully saturated rings. The van der Waals surface area contributed by atoms with Crippen LogP contribution in [-0.2, 0) is 10.0 Å². The molecule has 166 valence electrons. The standard InChI is InChI=1S/C20H13Cl3F2N4O2S/c1-11-16(10-26-28(11)20(24)25)32(30,31)29-19(13-4-8-15(22)9-5-13)17(23)18(27-29)12-2-6-14(21)7-3-12/h2-10,20H,1H3. The molecule has 12 heteroatoms.